The molecular weight excluding hydrogens is 394 g/mol. The van der Waals surface area contributed by atoms with Crippen molar-refractivity contribution < 1.29 is 4.79 Å². The molecule has 0 unspecified atom stereocenters. The zero-order valence-electron chi connectivity index (χ0n) is 12.9. The summed E-state index contributed by atoms with van der Waals surface area (Å²) in [5.74, 6) is -0.224. The van der Waals surface area contributed by atoms with Crippen molar-refractivity contribution >= 4 is 33.4 Å². The quantitative estimate of drug-likeness (QED) is 0.677. The number of benzene rings is 1. The molecule has 24 heavy (non-hydrogen) atoms. The van der Waals surface area contributed by atoms with Crippen molar-refractivity contribution in [3.8, 4) is 11.3 Å². The van der Waals surface area contributed by atoms with Gasteiger partial charge in [-0.3, -0.25) is 14.6 Å². The molecule has 2 aromatic heterocycles. The van der Waals surface area contributed by atoms with Gasteiger partial charge >= 0.3 is 0 Å². The van der Waals surface area contributed by atoms with Gasteiger partial charge in [-0.15, -0.1) is 0 Å². The number of aromatic nitrogens is 4. The monoisotopic (exact) mass is 407 g/mol. The van der Waals surface area contributed by atoms with Gasteiger partial charge < -0.3 is 5.32 Å². The smallest absolute Gasteiger partial charge is 0.269 e. The molecule has 124 valence electrons. The number of nitrogens with zero attached hydrogens (tertiary/aromatic N) is 3. The van der Waals surface area contributed by atoms with E-state index in [1.165, 1.54) is 0 Å². The summed E-state index contributed by atoms with van der Waals surface area (Å²) in [6.45, 7) is 3.11. The molecule has 0 aliphatic carbocycles. The van der Waals surface area contributed by atoms with Crippen molar-refractivity contribution in [3.05, 3.63) is 57.4 Å². The minimum absolute atomic E-state index is 0.224. The number of carbonyl (C=O) groups excluding carboxylic acids is 1. The Morgan fingerprint density at radius 1 is 1.38 bits per heavy atom. The Labute approximate surface area is 152 Å². The second-order valence-corrected chi connectivity index (χ2v) is 6.40. The van der Waals surface area contributed by atoms with Crippen molar-refractivity contribution in [2.24, 2.45) is 0 Å². The fourth-order valence-electron chi connectivity index (χ4n) is 2.30. The summed E-state index contributed by atoms with van der Waals surface area (Å²) in [6.07, 6.45) is 1.72. The van der Waals surface area contributed by atoms with Crippen LogP contribution < -0.4 is 5.32 Å². The summed E-state index contributed by atoms with van der Waals surface area (Å²) < 4.78 is 2.70. The van der Waals surface area contributed by atoms with E-state index in [4.69, 9.17) is 11.6 Å². The first-order valence-corrected chi connectivity index (χ1v) is 8.55. The van der Waals surface area contributed by atoms with E-state index in [1.807, 2.05) is 23.7 Å². The van der Waals surface area contributed by atoms with E-state index in [0.717, 1.165) is 22.3 Å². The third-order valence-electron chi connectivity index (χ3n) is 3.58. The SMILES string of the molecule is CCn1ncc(Br)c1CNC(=O)c1cc(-c2ccc(Cl)cc2)n[nH]1. The van der Waals surface area contributed by atoms with Gasteiger partial charge in [0, 0.05) is 17.1 Å². The molecule has 2 heterocycles. The number of nitrogens with one attached hydrogen (secondary N) is 2. The highest BCUT2D eigenvalue weighted by atomic mass is 79.9. The van der Waals surface area contributed by atoms with Crippen LogP contribution in [0.5, 0.6) is 0 Å². The normalized spacial score (nSPS) is 10.8. The van der Waals surface area contributed by atoms with Gasteiger partial charge in [0.15, 0.2) is 0 Å². The third kappa shape index (κ3) is 3.52. The molecule has 0 spiro atoms. The van der Waals surface area contributed by atoms with Crippen molar-refractivity contribution in [1.29, 1.82) is 0 Å². The van der Waals surface area contributed by atoms with Gasteiger partial charge in [0.2, 0.25) is 0 Å². The van der Waals surface area contributed by atoms with Gasteiger partial charge in [0.25, 0.3) is 5.91 Å². The maximum absolute atomic E-state index is 12.3. The Kier molecular flexibility index (Phi) is 5.01. The second kappa shape index (κ2) is 7.19. The summed E-state index contributed by atoms with van der Waals surface area (Å²) >= 11 is 9.32. The van der Waals surface area contributed by atoms with Crippen LogP contribution in [0, 0.1) is 0 Å². The van der Waals surface area contributed by atoms with Crippen LogP contribution in [-0.2, 0) is 13.1 Å². The molecule has 0 aliphatic heterocycles. The van der Waals surface area contributed by atoms with Gasteiger partial charge in [0.1, 0.15) is 5.69 Å². The molecule has 1 aromatic carbocycles. The molecule has 3 aromatic rings. The predicted molar refractivity (Wildman–Crippen MR) is 95.8 cm³/mol. The largest absolute Gasteiger partial charge is 0.345 e. The van der Waals surface area contributed by atoms with Gasteiger partial charge in [-0.25, -0.2) is 0 Å². The predicted octanol–water partition coefficient (Wildman–Crippen LogP) is 3.64. The van der Waals surface area contributed by atoms with E-state index in [2.05, 4.69) is 36.5 Å². The van der Waals surface area contributed by atoms with E-state index in [9.17, 15) is 4.79 Å². The number of H-pyrrole nitrogens is 1. The number of aromatic amines is 1. The first-order valence-electron chi connectivity index (χ1n) is 7.38. The van der Waals surface area contributed by atoms with Crippen LogP contribution in [0.1, 0.15) is 23.1 Å². The lowest BCUT2D eigenvalue weighted by Crippen LogP contribution is -2.25. The van der Waals surface area contributed by atoms with Gasteiger partial charge in [-0.1, -0.05) is 23.7 Å². The Bertz CT molecular complexity index is 856. The average Bonchev–Trinajstić information content (AvgIpc) is 3.20. The summed E-state index contributed by atoms with van der Waals surface area (Å²) in [5.41, 5.74) is 2.90. The van der Waals surface area contributed by atoms with E-state index in [1.54, 1.807) is 24.4 Å². The second-order valence-electron chi connectivity index (χ2n) is 5.11. The molecule has 0 bridgehead atoms. The van der Waals surface area contributed by atoms with Gasteiger partial charge in [-0.05, 0) is 41.1 Å². The number of rotatable bonds is 5. The lowest BCUT2D eigenvalue weighted by atomic mass is 10.1. The van der Waals surface area contributed by atoms with Crippen LogP contribution in [0.2, 0.25) is 5.02 Å². The molecular formula is C16H15BrClN5O. The van der Waals surface area contributed by atoms with E-state index < -0.39 is 0 Å². The van der Waals surface area contributed by atoms with Gasteiger partial charge in [-0.2, -0.15) is 10.2 Å². The lowest BCUT2D eigenvalue weighted by molar-refractivity contribution is 0.0945. The zero-order chi connectivity index (χ0) is 17.1. The fourth-order valence-corrected chi connectivity index (χ4v) is 2.86. The molecule has 0 saturated carbocycles. The Balaban J connectivity index is 1.70. The average molecular weight is 409 g/mol. The zero-order valence-corrected chi connectivity index (χ0v) is 15.2. The van der Waals surface area contributed by atoms with Crippen LogP contribution in [0.3, 0.4) is 0 Å². The Morgan fingerprint density at radius 2 is 2.12 bits per heavy atom. The standard InChI is InChI=1S/C16H15BrClN5O/c1-2-23-15(12(17)8-20-23)9-19-16(24)14-7-13(21-22-14)10-3-5-11(18)6-4-10/h3-8H,2,9H2,1H3,(H,19,24)(H,21,22). The minimum atomic E-state index is -0.224. The molecule has 3 rings (SSSR count). The highest BCUT2D eigenvalue weighted by Crippen LogP contribution is 2.20. The van der Waals surface area contributed by atoms with Crippen molar-refractivity contribution in [1.82, 2.24) is 25.3 Å². The van der Waals surface area contributed by atoms with E-state index >= 15 is 0 Å². The summed E-state index contributed by atoms with van der Waals surface area (Å²) in [4.78, 5) is 12.3. The number of hydrogen-bond donors (Lipinski definition) is 2. The van der Waals surface area contributed by atoms with E-state index in [-0.39, 0.29) is 5.91 Å². The summed E-state index contributed by atoms with van der Waals surface area (Å²) in [6, 6.07) is 9.00. The molecule has 0 fully saturated rings. The highest BCUT2D eigenvalue weighted by molar-refractivity contribution is 9.10. The molecule has 0 atom stereocenters. The maximum Gasteiger partial charge on any atom is 0.269 e. The van der Waals surface area contributed by atoms with E-state index in [0.29, 0.717) is 23.0 Å². The fraction of sp³-hybridized carbons (Fsp3) is 0.188. The Morgan fingerprint density at radius 3 is 2.83 bits per heavy atom. The van der Waals surface area contributed by atoms with Crippen LogP contribution in [-0.4, -0.2) is 25.9 Å². The first kappa shape index (κ1) is 16.7. The third-order valence-corrected chi connectivity index (χ3v) is 4.49. The van der Waals surface area contributed by atoms with Gasteiger partial charge in [0.05, 0.1) is 28.6 Å². The molecule has 2 N–H and O–H groups in total. The summed E-state index contributed by atoms with van der Waals surface area (Å²) in [7, 11) is 0. The van der Waals surface area contributed by atoms with Crippen molar-refractivity contribution in [2.45, 2.75) is 20.0 Å². The number of halogens is 2. The summed E-state index contributed by atoms with van der Waals surface area (Å²) in [5, 5.41) is 14.7. The van der Waals surface area contributed by atoms with Crippen molar-refractivity contribution in [3.63, 3.8) is 0 Å². The van der Waals surface area contributed by atoms with Crippen molar-refractivity contribution in [2.75, 3.05) is 0 Å². The first-order chi connectivity index (χ1) is 11.6. The Hall–Kier alpha value is -2.12. The van der Waals surface area contributed by atoms with Crippen LogP contribution in [0.25, 0.3) is 11.3 Å². The minimum Gasteiger partial charge on any atom is -0.345 e. The molecule has 6 nitrogen and oxygen atoms in total. The molecule has 0 radical (unpaired) electrons. The molecule has 8 heteroatoms. The van der Waals surface area contributed by atoms with Crippen LogP contribution >= 0.6 is 27.5 Å². The lowest BCUT2D eigenvalue weighted by Gasteiger charge is -2.06. The number of carbonyl (C=O) groups is 1. The maximum atomic E-state index is 12.3. The number of amides is 1. The topological polar surface area (TPSA) is 75.6 Å². The molecule has 1 amide bonds. The molecule has 0 aliphatic rings. The highest BCUT2D eigenvalue weighted by Gasteiger charge is 2.13. The number of hydrogen-bond acceptors (Lipinski definition) is 3. The molecule has 0 saturated heterocycles. The number of aryl methyl sites for hydroxylation is 1. The van der Waals surface area contributed by atoms with Crippen LogP contribution in [0.15, 0.2) is 41.0 Å². The van der Waals surface area contributed by atoms with Crippen LogP contribution in [0.4, 0.5) is 0 Å².